The van der Waals surface area contributed by atoms with Gasteiger partial charge in [-0.1, -0.05) is 6.07 Å². The van der Waals surface area contributed by atoms with Crippen molar-refractivity contribution in [2.24, 2.45) is 0 Å². The largest absolute Gasteiger partial charge is 0.444 e. The number of aromatic nitrogens is 1. The van der Waals surface area contributed by atoms with E-state index in [9.17, 15) is 4.79 Å². The molecule has 134 valence electrons. The van der Waals surface area contributed by atoms with Crippen LogP contribution in [0.5, 0.6) is 0 Å². The van der Waals surface area contributed by atoms with Gasteiger partial charge in [0.1, 0.15) is 11.4 Å². The van der Waals surface area contributed by atoms with Gasteiger partial charge < -0.3 is 14.5 Å². The summed E-state index contributed by atoms with van der Waals surface area (Å²) in [6.45, 7) is 12.6. The fourth-order valence-electron chi connectivity index (χ4n) is 3.15. The number of piperidine rings is 1. The maximum Gasteiger partial charge on any atom is 0.410 e. The smallest absolute Gasteiger partial charge is 0.410 e. The summed E-state index contributed by atoms with van der Waals surface area (Å²) in [6.07, 6.45) is 4.81. The van der Waals surface area contributed by atoms with E-state index >= 15 is 0 Å². The van der Waals surface area contributed by atoms with Gasteiger partial charge in [0, 0.05) is 25.8 Å². The monoisotopic (exact) mass is 333 g/mol. The highest BCUT2D eigenvalue weighted by molar-refractivity contribution is 5.69. The predicted molar refractivity (Wildman–Crippen MR) is 97.3 cm³/mol. The molecule has 1 aromatic rings. The van der Waals surface area contributed by atoms with Crippen LogP contribution in [0.2, 0.25) is 0 Å². The minimum Gasteiger partial charge on any atom is -0.444 e. The number of ether oxygens (including phenoxy) is 1. The van der Waals surface area contributed by atoms with Crippen molar-refractivity contribution >= 4 is 11.9 Å². The molecule has 1 aliphatic heterocycles. The maximum atomic E-state index is 12.5. The minimum atomic E-state index is -0.468. The van der Waals surface area contributed by atoms with Gasteiger partial charge in [0.2, 0.25) is 0 Å². The van der Waals surface area contributed by atoms with Crippen molar-refractivity contribution in [3.05, 3.63) is 23.9 Å². The maximum absolute atomic E-state index is 12.5. The number of carbonyl (C=O) groups is 1. The van der Waals surface area contributed by atoms with E-state index in [4.69, 9.17) is 4.74 Å². The molecule has 0 bridgehead atoms. The molecule has 5 heteroatoms. The van der Waals surface area contributed by atoms with E-state index in [1.165, 1.54) is 0 Å². The van der Waals surface area contributed by atoms with E-state index in [1.54, 1.807) is 0 Å². The van der Waals surface area contributed by atoms with Gasteiger partial charge in [-0.25, -0.2) is 9.78 Å². The molecule has 2 rings (SSSR count). The number of hydrogen-bond acceptors (Lipinski definition) is 4. The van der Waals surface area contributed by atoms with Gasteiger partial charge in [-0.05, 0) is 65.5 Å². The second-order valence-electron chi connectivity index (χ2n) is 7.31. The summed E-state index contributed by atoms with van der Waals surface area (Å²) in [5.74, 6) is 0.989. The van der Waals surface area contributed by atoms with Crippen LogP contribution >= 0.6 is 0 Å². The average molecular weight is 333 g/mol. The Morgan fingerprint density at radius 1 is 1.29 bits per heavy atom. The molecular weight excluding hydrogens is 302 g/mol. The summed E-state index contributed by atoms with van der Waals surface area (Å²) in [5.41, 5.74) is 0.626. The Hall–Kier alpha value is -1.78. The fourth-order valence-corrected chi connectivity index (χ4v) is 3.15. The van der Waals surface area contributed by atoms with Gasteiger partial charge in [-0.2, -0.15) is 0 Å². The lowest BCUT2D eigenvalue weighted by Crippen LogP contribution is -2.41. The van der Waals surface area contributed by atoms with Crippen LogP contribution in [0.3, 0.4) is 0 Å². The van der Waals surface area contributed by atoms with Gasteiger partial charge in [-0.3, -0.25) is 0 Å². The Morgan fingerprint density at radius 2 is 2.00 bits per heavy atom. The summed E-state index contributed by atoms with van der Waals surface area (Å²) in [4.78, 5) is 21.2. The Kier molecular flexibility index (Phi) is 6.08. The fraction of sp³-hybridized carbons (Fsp3) is 0.684. The van der Waals surface area contributed by atoms with Gasteiger partial charge in [0.25, 0.3) is 0 Å². The Balaban J connectivity index is 2.16. The van der Waals surface area contributed by atoms with Crippen molar-refractivity contribution in [3.8, 4) is 0 Å². The Labute approximate surface area is 146 Å². The summed E-state index contributed by atoms with van der Waals surface area (Å²) < 4.78 is 5.58. The lowest BCUT2D eigenvalue weighted by Gasteiger charge is -2.37. The molecule has 1 fully saturated rings. The summed E-state index contributed by atoms with van der Waals surface area (Å²) in [7, 11) is 0. The topological polar surface area (TPSA) is 45.7 Å². The number of amides is 1. The van der Waals surface area contributed by atoms with Crippen LogP contribution in [0.15, 0.2) is 18.3 Å². The molecule has 1 unspecified atom stereocenters. The van der Waals surface area contributed by atoms with Crippen LogP contribution < -0.4 is 4.90 Å². The zero-order valence-corrected chi connectivity index (χ0v) is 15.7. The number of hydrogen-bond donors (Lipinski definition) is 0. The number of pyridine rings is 1. The average Bonchev–Trinajstić information content (AvgIpc) is 2.55. The van der Waals surface area contributed by atoms with E-state index in [1.807, 2.05) is 31.9 Å². The van der Waals surface area contributed by atoms with Gasteiger partial charge in [-0.15, -0.1) is 0 Å². The lowest BCUT2D eigenvalue weighted by atomic mass is 9.97. The first-order valence-electron chi connectivity index (χ1n) is 9.06. The first kappa shape index (κ1) is 18.6. The van der Waals surface area contributed by atoms with Gasteiger partial charge in [0.05, 0.1) is 6.04 Å². The van der Waals surface area contributed by atoms with E-state index in [-0.39, 0.29) is 12.1 Å². The van der Waals surface area contributed by atoms with Crippen LogP contribution in [0, 0.1) is 0 Å². The summed E-state index contributed by atoms with van der Waals surface area (Å²) in [5, 5.41) is 0. The Morgan fingerprint density at radius 3 is 2.54 bits per heavy atom. The third-order valence-corrected chi connectivity index (χ3v) is 4.37. The molecule has 1 amide bonds. The van der Waals surface area contributed by atoms with E-state index in [2.05, 4.69) is 35.9 Å². The molecule has 0 spiro atoms. The molecular formula is C19H31N3O2. The number of carbonyl (C=O) groups excluding carboxylic acids is 1. The van der Waals surface area contributed by atoms with Gasteiger partial charge >= 0.3 is 6.09 Å². The SMILES string of the molecule is CCN(CC)c1ccc(C2CCCCN2C(=O)OC(C)(C)C)cn1. The van der Waals surface area contributed by atoms with Gasteiger partial charge in [0.15, 0.2) is 0 Å². The van der Waals surface area contributed by atoms with Crippen molar-refractivity contribution in [3.63, 3.8) is 0 Å². The van der Waals surface area contributed by atoms with E-state index < -0.39 is 5.60 Å². The highest BCUT2D eigenvalue weighted by atomic mass is 16.6. The molecule has 1 aliphatic rings. The van der Waals surface area contributed by atoms with E-state index in [0.29, 0.717) is 0 Å². The number of rotatable bonds is 4. The zero-order chi connectivity index (χ0) is 17.7. The molecule has 5 nitrogen and oxygen atoms in total. The first-order valence-corrected chi connectivity index (χ1v) is 9.06. The van der Waals surface area contributed by atoms with Crippen LogP contribution in [-0.4, -0.2) is 41.2 Å². The first-order chi connectivity index (χ1) is 11.4. The number of likely N-dealkylation sites (tertiary alicyclic amines) is 1. The third kappa shape index (κ3) is 4.62. The normalized spacial score (nSPS) is 18.4. The van der Waals surface area contributed by atoms with Crippen LogP contribution in [-0.2, 0) is 4.74 Å². The molecule has 1 aromatic heterocycles. The molecule has 2 heterocycles. The van der Waals surface area contributed by atoms with Crippen LogP contribution in [0.4, 0.5) is 10.6 Å². The van der Waals surface area contributed by atoms with Crippen LogP contribution in [0.1, 0.15) is 65.5 Å². The zero-order valence-electron chi connectivity index (χ0n) is 15.7. The predicted octanol–water partition coefficient (Wildman–Crippen LogP) is 4.39. The van der Waals surface area contributed by atoms with Crippen molar-refractivity contribution in [1.82, 2.24) is 9.88 Å². The molecule has 1 saturated heterocycles. The molecule has 0 aliphatic carbocycles. The van der Waals surface area contributed by atoms with Crippen molar-refractivity contribution < 1.29 is 9.53 Å². The standard InChI is InChI=1S/C19H31N3O2/c1-6-21(7-2)17-12-11-15(14-20-17)16-10-8-9-13-22(16)18(23)24-19(3,4)5/h11-12,14,16H,6-10,13H2,1-5H3. The third-order valence-electron chi connectivity index (χ3n) is 4.37. The summed E-state index contributed by atoms with van der Waals surface area (Å²) >= 11 is 0. The molecule has 0 radical (unpaired) electrons. The molecule has 24 heavy (non-hydrogen) atoms. The highest BCUT2D eigenvalue weighted by Crippen LogP contribution is 2.32. The second kappa shape index (κ2) is 7.86. The molecule has 0 saturated carbocycles. The molecule has 1 atom stereocenters. The van der Waals surface area contributed by atoms with Crippen molar-refractivity contribution in [2.75, 3.05) is 24.5 Å². The number of anilines is 1. The molecule has 0 aromatic carbocycles. The quantitative estimate of drug-likeness (QED) is 0.820. The van der Waals surface area contributed by atoms with Crippen LogP contribution in [0.25, 0.3) is 0 Å². The summed E-state index contributed by atoms with van der Waals surface area (Å²) in [6, 6.07) is 4.23. The number of nitrogens with zero attached hydrogens (tertiary/aromatic N) is 3. The van der Waals surface area contributed by atoms with E-state index in [0.717, 1.165) is 50.3 Å². The second-order valence-corrected chi connectivity index (χ2v) is 7.31. The lowest BCUT2D eigenvalue weighted by molar-refractivity contribution is 0.00948. The highest BCUT2D eigenvalue weighted by Gasteiger charge is 2.31. The van der Waals surface area contributed by atoms with Crippen molar-refractivity contribution in [2.45, 2.75) is 65.5 Å². The Bertz CT molecular complexity index is 533. The molecule has 0 N–H and O–H groups in total. The van der Waals surface area contributed by atoms with Crippen molar-refractivity contribution in [1.29, 1.82) is 0 Å². The minimum absolute atomic E-state index is 0.0619.